The van der Waals surface area contributed by atoms with Gasteiger partial charge in [-0.05, 0) is 38.6 Å². The molecule has 3 heteroatoms. The minimum Gasteiger partial charge on any atom is -0.350 e. The molecular formula is C11H22N2O. The number of nitrogens with one attached hydrogen (secondary N) is 2. The summed E-state index contributed by atoms with van der Waals surface area (Å²) < 4.78 is 0. The average molecular weight is 198 g/mol. The van der Waals surface area contributed by atoms with Crippen molar-refractivity contribution in [3.8, 4) is 0 Å². The molecule has 82 valence electrons. The molecule has 1 aliphatic carbocycles. The molecule has 0 aliphatic heterocycles. The van der Waals surface area contributed by atoms with Gasteiger partial charge in [0.25, 0.3) is 0 Å². The normalized spacial score (nSPS) is 18.7. The van der Waals surface area contributed by atoms with Gasteiger partial charge in [-0.2, -0.15) is 0 Å². The topological polar surface area (TPSA) is 41.1 Å². The molecule has 0 unspecified atom stereocenters. The van der Waals surface area contributed by atoms with Crippen molar-refractivity contribution < 1.29 is 4.79 Å². The molecule has 0 aromatic heterocycles. The number of hydrogen-bond donors (Lipinski definition) is 2. The van der Waals surface area contributed by atoms with Crippen molar-refractivity contribution in [2.75, 3.05) is 13.1 Å². The van der Waals surface area contributed by atoms with E-state index in [0.29, 0.717) is 6.54 Å². The summed E-state index contributed by atoms with van der Waals surface area (Å²) >= 11 is 0. The van der Waals surface area contributed by atoms with Crippen LogP contribution < -0.4 is 10.6 Å². The smallest absolute Gasteiger partial charge is 0.234 e. The van der Waals surface area contributed by atoms with Crippen LogP contribution >= 0.6 is 0 Å². The van der Waals surface area contributed by atoms with Crippen molar-refractivity contribution in [1.29, 1.82) is 0 Å². The fourth-order valence-electron chi connectivity index (χ4n) is 1.89. The molecule has 3 nitrogen and oxygen atoms in total. The van der Waals surface area contributed by atoms with Crippen LogP contribution in [0, 0.1) is 0 Å². The summed E-state index contributed by atoms with van der Waals surface area (Å²) in [5.74, 6) is 0.153. The lowest BCUT2D eigenvalue weighted by molar-refractivity contribution is -0.123. The molecule has 1 aliphatic rings. The predicted octanol–water partition coefficient (Wildman–Crippen LogP) is 1.43. The Morgan fingerprint density at radius 1 is 1.36 bits per heavy atom. The highest BCUT2D eigenvalue weighted by Gasteiger charge is 2.35. The van der Waals surface area contributed by atoms with Crippen LogP contribution in [0.15, 0.2) is 0 Å². The summed E-state index contributed by atoms with van der Waals surface area (Å²) in [6.45, 7) is 5.64. The van der Waals surface area contributed by atoms with Crippen molar-refractivity contribution >= 4 is 5.91 Å². The van der Waals surface area contributed by atoms with Gasteiger partial charge in [-0.25, -0.2) is 0 Å². The van der Waals surface area contributed by atoms with E-state index in [1.54, 1.807) is 0 Å². The number of rotatable bonds is 6. The lowest BCUT2D eigenvalue weighted by atomic mass is 9.75. The van der Waals surface area contributed by atoms with Crippen LogP contribution in [0.1, 0.15) is 46.0 Å². The first-order chi connectivity index (χ1) is 6.72. The van der Waals surface area contributed by atoms with Crippen LogP contribution in [0.3, 0.4) is 0 Å². The van der Waals surface area contributed by atoms with Gasteiger partial charge in [-0.15, -0.1) is 0 Å². The Labute approximate surface area is 86.6 Å². The zero-order valence-electron chi connectivity index (χ0n) is 9.36. The first-order valence-electron chi connectivity index (χ1n) is 5.74. The highest BCUT2D eigenvalue weighted by atomic mass is 16.2. The molecule has 14 heavy (non-hydrogen) atoms. The van der Waals surface area contributed by atoms with Gasteiger partial charge in [0.05, 0.1) is 6.54 Å². The molecule has 1 saturated carbocycles. The van der Waals surface area contributed by atoms with E-state index in [0.717, 1.165) is 32.2 Å². The molecule has 0 aromatic rings. The quantitative estimate of drug-likeness (QED) is 0.634. The first kappa shape index (κ1) is 11.5. The van der Waals surface area contributed by atoms with Crippen LogP contribution in [-0.2, 0) is 4.79 Å². The van der Waals surface area contributed by atoms with Crippen molar-refractivity contribution in [1.82, 2.24) is 10.6 Å². The molecule has 0 atom stereocenters. The summed E-state index contributed by atoms with van der Waals surface area (Å²) in [5.41, 5.74) is 0.144. The summed E-state index contributed by atoms with van der Waals surface area (Å²) in [6.07, 6.45) is 5.71. The molecule has 0 radical (unpaired) electrons. The second kappa shape index (κ2) is 5.35. The van der Waals surface area contributed by atoms with Gasteiger partial charge in [-0.1, -0.05) is 13.8 Å². The maximum Gasteiger partial charge on any atom is 0.234 e. The zero-order valence-corrected chi connectivity index (χ0v) is 9.36. The molecule has 1 amide bonds. The monoisotopic (exact) mass is 198 g/mol. The number of amides is 1. The largest absolute Gasteiger partial charge is 0.350 e. The summed E-state index contributed by atoms with van der Waals surface area (Å²) in [4.78, 5) is 11.5. The van der Waals surface area contributed by atoms with Crippen molar-refractivity contribution in [2.45, 2.75) is 51.5 Å². The molecule has 0 heterocycles. The second-order valence-electron chi connectivity index (χ2n) is 4.21. The lowest BCUT2D eigenvalue weighted by Crippen LogP contribution is -2.54. The van der Waals surface area contributed by atoms with E-state index < -0.39 is 0 Å². The van der Waals surface area contributed by atoms with Gasteiger partial charge in [0, 0.05) is 5.54 Å². The SMILES string of the molecule is CCCNCC(=O)NC1(CC)CCC1. The van der Waals surface area contributed by atoms with Gasteiger partial charge in [0.15, 0.2) is 0 Å². The van der Waals surface area contributed by atoms with Crippen molar-refractivity contribution in [2.24, 2.45) is 0 Å². The molecule has 0 aromatic carbocycles. The molecule has 0 spiro atoms. The third-order valence-electron chi connectivity index (χ3n) is 3.10. The van der Waals surface area contributed by atoms with E-state index in [-0.39, 0.29) is 11.4 Å². The Morgan fingerprint density at radius 3 is 2.50 bits per heavy atom. The van der Waals surface area contributed by atoms with Crippen LogP contribution in [0.25, 0.3) is 0 Å². The zero-order chi connectivity index (χ0) is 10.4. The highest BCUT2D eigenvalue weighted by Crippen LogP contribution is 2.34. The van der Waals surface area contributed by atoms with Gasteiger partial charge >= 0.3 is 0 Å². The Bertz CT molecular complexity index is 182. The second-order valence-corrected chi connectivity index (χ2v) is 4.21. The fourth-order valence-corrected chi connectivity index (χ4v) is 1.89. The Kier molecular flexibility index (Phi) is 4.39. The molecule has 1 fully saturated rings. The van der Waals surface area contributed by atoms with Crippen LogP contribution in [-0.4, -0.2) is 24.5 Å². The Hall–Kier alpha value is -0.570. The molecule has 0 saturated heterocycles. The third-order valence-corrected chi connectivity index (χ3v) is 3.10. The number of hydrogen-bond acceptors (Lipinski definition) is 2. The third kappa shape index (κ3) is 2.98. The van der Waals surface area contributed by atoms with Gasteiger partial charge < -0.3 is 10.6 Å². The van der Waals surface area contributed by atoms with Crippen LogP contribution in [0.2, 0.25) is 0 Å². The average Bonchev–Trinajstić information content (AvgIpc) is 2.12. The van der Waals surface area contributed by atoms with E-state index in [4.69, 9.17) is 0 Å². The predicted molar refractivity (Wildman–Crippen MR) is 58.2 cm³/mol. The maximum absolute atomic E-state index is 11.5. The number of carbonyl (C=O) groups excluding carboxylic acids is 1. The van der Waals surface area contributed by atoms with Crippen LogP contribution in [0.4, 0.5) is 0 Å². The van der Waals surface area contributed by atoms with Gasteiger partial charge in [-0.3, -0.25) is 4.79 Å². The molecule has 2 N–H and O–H groups in total. The Morgan fingerprint density at radius 2 is 2.07 bits per heavy atom. The van der Waals surface area contributed by atoms with Crippen LogP contribution in [0.5, 0.6) is 0 Å². The van der Waals surface area contributed by atoms with E-state index in [9.17, 15) is 4.79 Å². The van der Waals surface area contributed by atoms with E-state index in [2.05, 4.69) is 24.5 Å². The highest BCUT2D eigenvalue weighted by molar-refractivity contribution is 5.79. The maximum atomic E-state index is 11.5. The first-order valence-corrected chi connectivity index (χ1v) is 5.74. The standard InChI is InChI=1S/C11H22N2O/c1-3-8-12-9-10(14)13-11(4-2)6-5-7-11/h12H,3-9H2,1-2H3,(H,13,14). The Balaban J connectivity index is 2.18. The molecular weight excluding hydrogens is 176 g/mol. The molecule has 0 bridgehead atoms. The molecule has 1 rings (SSSR count). The van der Waals surface area contributed by atoms with E-state index in [1.807, 2.05) is 0 Å². The lowest BCUT2D eigenvalue weighted by Gasteiger charge is -2.42. The summed E-state index contributed by atoms with van der Waals surface area (Å²) in [7, 11) is 0. The number of carbonyl (C=O) groups is 1. The fraction of sp³-hybridized carbons (Fsp3) is 0.909. The minimum atomic E-state index is 0.144. The van der Waals surface area contributed by atoms with Crippen molar-refractivity contribution in [3.63, 3.8) is 0 Å². The van der Waals surface area contributed by atoms with E-state index >= 15 is 0 Å². The van der Waals surface area contributed by atoms with Crippen molar-refractivity contribution in [3.05, 3.63) is 0 Å². The summed E-state index contributed by atoms with van der Waals surface area (Å²) in [5, 5.41) is 6.25. The van der Waals surface area contributed by atoms with Gasteiger partial charge in [0.2, 0.25) is 5.91 Å². The minimum absolute atomic E-state index is 0.144. The summed E-state index contributed by atoms with van der Waals surface area (Å²) in [6, 6.07) is 0. The van der Waals surface area contributed by atoms with E-state index in [1.165, 1.54) is 6.42 Å². The van der Waals surface area contributed by atoms with Gasteiger partial charge in [0.1, 0.15) is 0 Å².